The van der Waals surface area contributed by atoms with Gasteiger partial charge in [0.05, 0.1) is 26.4 Å². The molecular weight excluding hydrogens is 344 g/mol. The van der Waals surface area contributed by atoms with E-state index in [-0.39, 0.29) is 0 Å². The highest BCUT2D eigenvalue weighted by molar-refractivity contribution is 5.49. The first-order valence-corrected chi connectivity index (χ1v) is 9.57. The summed E-state index contributed by atoms with van der Waals surface area (Å²) in [5, 5.41) is 0. The Labute approximate surface area is 167 Å². The number of hydrogen-bond acceptors (Lipinski definition) is 2. The number of hydrogen-bond donors (Lipinski definition) is 0. The Morgan fingerprint density at radius 3 is 1.29 bits per heavy atom. The third-order valence-corrected chi connectivity index (χ3v) is 4.21. The highest BCUT2D eigenvalue weighted by atomic mass is 16.5. The van der Waals surface area contributed by atoms with E-state index in [1.165, 1.54) is 22.3 Å². The Balaban J connectivity index is 1.32. The summed E-state index contributed by atoms with van der Waals surface area (Å²) < 4.78 is 11.4. The molecular formula is C26H26O2. The van der Waals surface area contributed by atoms with E-state index in [1.54, 1.807) is 0 Å². The molecule has 0 aliphatic carbocycles. The standard InChI is InChI=1S/C26H26O2/c1-3-9-23(10-4-1)13-7-19-27-21-25-15-17-26(18-16-25)22-28-20-8-14-24-11-5-2-6-12-24/h1-18H,19-22H2. The Kier molecular flexibility index (Phi) is 8.28. The lowest BCUT2D eigenvalue weighted by atomic mass is 10.1. The Morgan fingerprint density at radius 1 is 0.500 bits per heavy atom. The van der Waals surface area contributed by atoms with E-state index in [2.05, 4.69) is 60.7 Å². The Morgan fingerprint density at radius 2 is 0.893 bits per heavy atom. The van der Waals surface area contributed by atoms with Gasteiger partial charge in [-0.25, -0.2) is 0 Å². The fourth-order valence-electron chi connectivity index (χ4n) is 2.72. The smallest absolute Gasteiger partial charge is 0.0721 e. The molecule has 2 nitrogen and oxygen atoms in total. The lowest BCUT2D eigenvalue weighted by molar-refractivity contribution is 0.147. The lowest BCUT2D eigenvalue weighted by Crippen LogP contribution is -1.95. The lowest BCUT2D eigenvalue weighted by Gasteiger charge is -2.05. The van der Waals surface area contributed by atoms with E-state index in [0.29, 0.717) is 26.4 Å². The van der Waals surface area contributed by atoms with E-state index < -0.39 is 0 Å². The fraction of sp³-hybridized carbons (Fsp3) is 0.154. The molecule has 142 valence electrons. The van der Waals surface area contributed by atoms with Gasteiger partial charge in [-0.3, -0.25) is 0 Å². The molecule has 28 heavy (non-hydrogen) atoms. The van der Waals surface area contributed by atoms with Gasteiger partial charge in [0.25, 0.3) is 0 Å². The van der Waals surface area contributed by atoms with Gasteiger partial charge in [0.15, 0.2) is 0 Å². The van der Waals surface area contributed by atoms with Crippen LogP contribution in [0.5, 0.6) is 0 Å². The zero-order valence-electron chi connectivity index (χ0n) is 16.0. The van der Waals surface area contributed by atoms with Crippen molar-refractivity contribution in [2.45, 2.75) is 13.2 Å². The molecule has 3 aromatic carbocycles. The summed E-state index contributed by atoms with van der Waals surface area (Å²) in [6.45, 7) is 2.43. The van der Waals surface area contributed by atoms with Crippen LogP contribution in [0.15, 0.2) is 97.1 Å². The van der Waals surface area contributed by atoms with Crippen LogP contribution >= 0.6 is 0 Å². The van der Waals surface area contributed by atoms with Crippen molar-refractivity contribution in [3.8, 4) is 0 Å². The molecule has 0 N–H and O–H groups in total. The first-order valence-electron chi connectivity index (χ1n) is 9.57. The molecule has 0 saturated heterocycles. The molecule has 0 spiro atoms. The van der Waals surface area contributed by atoms with Crippen LogP contribution in [-0.2, 0) is 22.7 Å². The summed E-state index contributed by atoms with van der Waals surface area (Å²) in [7, 11) is 0. The summed E-state index contributed by atoms with van der Waals surface area (Å²) in [6, 6.07) is 28.9. The molecule has 0 bridgehead atoms. The maximum absolute atomic E-state index is 5.71. The van der Waals surface area contributed by atoms with E-state index in [9.17, 15) is 0 Å². The summed E-state index contributed by atoms with van der Waals surface area (Å²) in [5.74, 6) is 0. The van der Waals surface area contributed by atoms with Crippen molar-refractivity contribution in [2.75, 3.05) is 13.2 Å². The second-order valence-corrected chi connectivity index (χ2v) is 6.47. The van der Waals surface area contributed by atoms with Crippen LogP contribution in [0.3, 0.4) is 0 Å². The maximum atomic E-state index is 5.71. The van der Waals surface area contributed by atoms with E-state index >= 15 is 0 Å². The molecule has 0 amide bonds. The van der Waals surface area contributed by atoms with E-state index in [1.807, 2.05) is 48.6 Å². The summed E-state index contributed by atoms with van der Waals surface area (Å²) in [6.07, 6.45) is 8.24. The molecule has 0 aliphatic heterocycles. The minimum absolute atomic E-state index is 0.605. The molecule has 3 aromatic rings. The molecule has 3 rings (SSSR count). The topological polar surface area (TPSA) is 18.5 Å². The molecule has 0 atom stereocenters. The first kappa shape index (κ1) is 19.8. The van der Waals surface area contributed by atoms with Gasteiger partial charge >= 0.3 is 0 Å². The summed E-state index contributed by atoms with van der Waals surface area (Å²) >= 11 is 0. The average Bonchev–Trinajstić information content (AvgIpc) is 2.76. The van der Waals surface area contributed by atoms with E-state index in [4.69, 9.17) is 9.47 Å². The van der Waals surface area contributed by atoms with Crippen molar-refractivity contribution in [2.24, 2.45) is 0 Å². The summed E-state index contributed by atoms with van der Waals surface area (Å²) in [5.41, 5.74) is 4.71. The zero-order valence-corrected chi connectivity index (χ0v) is 16.0. The molecule has 0 saturated carbocycles. The molecule has 2 heteroatoms. The predicted octanol–water partition coefficient (Wildman–Crippen LogP) is 6.15. The van der Waals surface area contributed by atoms with Gasteiger partial charge in [0.2, 0.25) is 0 Å². The molecule has 0 unspecified atom stereocenters. The van der Waals surface area contributed by atoms with Crippen molar-refractivity contribution in [1.82, 2.24) is 0 Å². The molecule has 0 heterocycles. The maximum Gasteiger partial charge on any atom is 0.0721 e. The third-order valence-electron chi connectivity index (χ3n) is 4.21. The quantitative estimate of drug-likeness (QED) is 0.399. The van der Waals surface area contributed by atoms with Gasteiger partial charge in [-0.05, 0) is 22.3 Å². The second-order valence-electron chi connectivity index (χ2n) is 6.47. The largest absolute Gasteiger partial charge is 0.373 e. The highest BCUT2D eigenvalue weighted by Crippen LogP contribution is 2.08. The van der Waals surface area contributed by atoms with Crippen LogP contribution in [-0.4, -0.2) is 13.2 Å². The minimum Gasteiger partial charge on any atom is -0.373 e. The van der Waals surface area contributed by atoms with Gasteiger partial charge in [0.1, 0.15) is 0 Å². The van der Waals surface area contributed by atoms with Gasteiger partial charge in [-0.2, -0.15) is 0 Å². The van der Waals surface area contributed by atoms with Crippen LogP contribution in [0.2, 0.25) is 0 Å². The second kappa shape index (κ2) is 11.7. The number of ether oxygens (including phenoxy) is 2. The predicted molar refractivity (Wildman–Crippen MR) is 117 cm³/mol. The van der Waals surface area contributed by atoms with Gasteiger partial charge in [0, 0.05) is 0 Å². The fourth-order valence-corrected chi connectivity index (χ4v) is 2.72. The van der Waals surface area contributed by atoms with Crippen LogP contribution in [0.1, 0.15) is 22.3 Å². The monoisotopic (exact) mass is 370 g/mol. The van der Waals surface area contributed by atoms with Crippen molar-refractivity contribution in [3.63, 3.8) is 0 Å². The molecule has 0 aromatic heterocycles. The van der Waals surface area contributed by atoms with Gasteiger partial charge < -0.3 is 9.47 Å². The van der Waals surface area contributed by atoms with E-state index in [0.717, 1.165) is 0 Å². The highest BCUT2D eigenvalue weighted by Gasteiger charge is 1.96. The van der Waals surface area contributed by atoms with Crippen molar-refractivity contribution >= 4 is 12.2 Å². The third kappa shape index (κ3) is 7.36. The number of rotatable bonds is 10. The van der Waals surface area contributed by atoms with Crippen LogP contribution in [0, 0.1) is 0 Å². The van der Waals surface area contributed by atoms with Crippen molar-refractivity contribution in [1.29, 1.82) is 0 Å². The van der Waals surface area contributed by atoms with Gasteiger partial charge in [-0.15, -0.1) is 0 Å². The Hall–Kier alpha value is -2.94. The first-order chi connectivity index (χ1) is 13.9. The minimum atomic E-state index is 0.605. The zero-order chi connectivity index (χ0) is 19.3. The van der Waals surface area contributed by atoms with Crippen LogP contribution in [0.25, 0.3) is 12.2 Å². The number of benzene rings is 3. The molecule has 0 fully saturated rings. The van der Waals surface area contributed by atoms with Crippen LogP contribution in [0.4, 0.5) is 0 Å². The van der Waals surface area contributed by atoms with Gasteiger partial charge in [-0.1, -0.05) is 109 Å². The molecule has 0 radical (unpaired) electrons. The normalized spacial score (nSPS) is 11.4. The summed E-state index contributed by atoms with van der Waals surface area (Å²) in [4.78, 5) is 0. The SMILES string of the molecule is C(=Cc1ccccc1)COCc1ccc(COCC=Cc2ccccc2)cc1. The van der Waals surface area contributed by atoms with Crippen molar-refractivity contribution < 1.29 is 9.47 Å². The Bertz CT molecular complexity index is 775. The molecule has 0 aliphatic rings. The van der Waals surface area contributed by atoms with Crippen molar-refractivity contribution in [3.05, 3.63) is 119 Å². The van der Waals surface area contributed by atoms with Crippen LogP contribution < -0.4 is 0 Å². The average molecular weight is 370 g/mol.